The maximum absolute atomic E-state index is 13.4. The second-order valence-corrected chi connectivity index (χ2v) is 12.8. The summed E-state index contributed by atoms with van der Waals surface area (Å²) in [6.45, 7) is 6.57. The molecule has 3 aromatic carbocycles. The number of carbonyl (C=O) groups is 2. The minimum Gasteiger partial charge on any atom is -0.480 e. The molecule has 1 amide bonds. The molecule has 1 saturated carbocycles. The summed E-state index contributed by atoms with van der Waals surface area (Å²) >= 11 is 12.4. The fraction of sp³-hybridized carbons (Fsp3) is 0.344. The average molecular weight is 593 g/mol. The van der Waals surface area contributed by atoms with Gasteiger partial charge in [0.05, 0.1) is 17.1 Å². The molecular formula is C32H31Cl2N3O4. The first-order valence-corrected chi connectivity index (χ1v) is 14.5. The van der Waals surface area contributed by atoms with Crippen molar-refractivity contribution in [1.29, 1.82) is 0 Å². The summed E-state index contributed by atoms with van der Waals surface area (Å²) in [5, 5.41) is 12.0. The fourth-order valence-electron chi connectivity index (χ4n) is 5.72. The number of rotatable bonds is 6. The normalized spacial score (nSPS) is 16.1. The number of ether oxygens (including phenoxy) is 1. The van der Waals surface area contributed by atoms with Gasteiger partial charge in [-0.25, -0.2) is 9.78 Å². The van der Waals surface area contributed by atoms with Crippen LogP contribution in [0.15, 0.2) is 66.7 Å². The van der Waals surface area contributed by atoms with E-state index in [1.165, 1.54) is 0 Å². The van der Waals surface area contributed by atoms with Gasteiger partial charge in [-0.05, 0) is 86.7 Å². The summed E-state index contributed by atoms with van der Waals surface area (Å²) in [5.41, 5.74) is 1.30. The van der Waals surface area contributed by atoms with Gasteiger partial charge in [0.2, 0.25) is 0 Å². The Labute approximate surface area is 248 Å². The molecule has 9 heteroatoms. The van der Waals surface area contributed by atoms with Gasteiger partial charge in [-0.2, -0.15) is 0 Å². The van der Waals surface area contributed by atoms with Crippen LogP contribution in [0.5, 0.6) is 0 Å². The highest BCUT2D eigenvalue weighted by Crippen LogP contribution is 2.45. The molecule has 1 aliphatic carbocycles. The second-order valence-electron chi connectivity index (χ2n) is 11.9. The van der Waals surface area contributed by atoms with Crippen LogP contribution < -0.4 is 0 Å². The predicted octanol–water partition coefficient (Wildman–Crippen LogP) is 7.43. The molecule has 0 unspecified atom stereocenters. The third-order valence-electron chi connectivity index (χ3n) is 7.85. The van der Waals surface area contributed by atoms with E-state index < -0.39 is 17.0 Å². The Balaban J connectivity index is 1.49. The molecule has 1 saturated heterocycles. The third-order valence-corrected chi connectivity index (χ3v) is 8.35. The van der Waals surface area contributed by atoms with Gasteiger partial charge in [-0.3, -0.25) is 4.79 Å². The zero-order valence-corrected chi connectivity index (χ0v) is 24.6. The van der Waals surface area contributed by atoms with E-state index in [1.54, 1.807) is 53.4 Å². The number of likely N-dealkylation sites (tertiary alicyclic amines) is 1. The zero-order chi connectivity index (χ0) is 29.1. The maximum Gasteiger partial charge on any atom is 0.410 e. The minimum absolute atomic E-state index is 0.0173. The molecule has 1 aliphatic heterocycles. The number of aliphatic carboxylic acids is 1. The van der Waals surface area contributed by atoms with Crippen molar-refractivity contribution < 1.29 is 19.4 Å². The van der Waals surface area contributed by atoms with Crippen LogP contribution in [0, 0.1) is 0 Å². The lowest BCUT2D eigenvalue weighted by molar-refractivity contribution is -0.140. The van der Waals surface area contributed by atoms with Gasteiger partial charge in [0.1, 0.15) is 16.8 Å². The van der Waals surface area contributed by atoms with Crippen LogP contribution in [0.25, 0.3) is 11.0 Å². The molecule has 2 heterocycles. The number of imidazole rings is 1. The van der Waals surface area contributed by atoms with Gasteiger partial charge in [0.25, 0.3) is 0 Å². The second kappa shape index (κ2) is 10.1. The molecule has 1 aromatic heterocycles. The summed E-state index contributed by atoms with van der Waals surface area (Å²) < 4.78 is 7.78. The Morgan fingerprint density at radius 3 is 1.90 bits per heavy atom. The molecule has 4 aromatic rings. The number of aromatic nitrogens is 2. The Bertz CT molecular complexity index is 1590. The minimum atomic E-state index is -1.53. The number of amides is 1. The number of fused-ring (bicyclic) bond motifs is 1. The molecule has 0 radical (unpaired) electrons. The Morgan fingerprint density at radius 1 is 0.878 bits per heavy atom. The van der Waals surface area contributed by atoms with E-state index in [2.05, 4.69) is 4.57 Å². The van der Waals surface area contributed by atoms with E-state index in [0.29, 0.717) is 45.7 Å². The van der Waals surface area contributed by atoms with Gasteiger partial charge >= 0.3 is 12.1 Å². The molecular weight excluding hydrogens is 561 g/mol. The van der Waals surface area contributed by atoms with E-state index in [4.69, 9.17) is 32.9 Å². The predicted molar refractivity (Wildman–Crippen MR) is 159 cm³/mol. The third kappa shape index (κ3) is 4.95. The van der Waals surface area contributed by atoms with Crippen LogP contribution in [0.3, 0.4) is 0 Å². The number of carbonyl (C=O) groups excluding carboxylic acids is 1. The molecule has 7 nitrogen and oxygen atoms in total. The highest BCUT2D eigenvalue weighted by Gasteiger charge is 2.45. The first-order chi connectivity index (χ1) is 19.5. The molecule has 2 aliphatic rings. The summed E-state index contributed by atoms with van der Waals surface area (Å²) in [7, 11) is 0. The van der Waals surface area contributed by atoms with Crippen molar-refractivity contribution in [3.63, 3.8) is 0 Å². The van der Waals surface area contributed by atoms with Crippen LogP contribution in [0.2, 0.25) is 10.0 Å². The topological polar surface area (TPSA) is 84.7 Å². The van der Waals surface area contributed by atoms with Crippen molar-refractivity contribution >= 4 is 46.3 Å². The molecule has 6 rings (SSSR count). The number of hydrogen-bond donors (Lipinski definition) is 1. The number of halogens is 2. The standard InChI is InChI=1S/C32H31Cl2N3O4/c1-31(2,3)41-30(40)36-17-25(18-36)37-27-16-22(10-15-26(27)35-28(37)19-4-5-19)32(29(38)39,20-6-11-23(33)12-7-20)21-8-13-24(34)14-9-21/h6-16,19,25H,4-5,17-18H2,1-3H3,(H,38,39). The number of benzene rings is 3. The van der Waals surface area contributed by atoms with Crippen LogP contribution in [-0.2, 0) is 14.9 Å². The lowest BCUT2D eigenvalue weighted by Crippen LogP contribution is -2.52. The largest absolute Gasteiger partial charge is 0.480 e. The molecule has 0 atom stereocenters. The Hall–Kier alpha value is -3.55. The van der Waals surface area contributed by atoms with E-state index >= 15 is 0 Å². The highest BCUT2D eigenvalue weighted by molar-refractivity contribution is 6.30. The smallest absolute Gasteiger partial charge is 0.410 e. The maximum atomic E-state index is 13.4. The highest BCUT2D eigenvalue weighted by atomic mass is 35.5. The monoisotopic (exact) mass is 591 g/mol. The quantitative estimate of drug-likeness (QED) is 0.236. The van der Waals surface area contributed by atoms with Gasteiger partial charge in [-0.15, -0.1) is 0 Å². The lowest BCUT2D eigenvalue weighted by Gasteiger charge is -2.41. The van der Waals surface area contributed by atoms with Crippen molar-refractivity contribution in [2.45, 2.75) is 56.6 Å². The first-order valence-electron chi connectivity index (χ1n) is 13.7. The molecule has 2 fully saturated rings. The van der Waals surface area contributed by atoms with Crippen molar-refractivity contribution in [3.05, 3.63) is 99.3 Å². The van der Waals surface area contributed by atoms with Crippen molar-refractivity contribution in [2.75, 3.05) is 13.1 Å². The van der Waals surface area contributed by atoms with Gasteiger partial charge in [0, 0.05) is 29.1 Å². The first kappa shape index (κ1) is 27.6. The van der Waals surface area contributed by atoms with Crippen LogP contribution >= 0.6 is 23.2 Å². The molecule has 212 valence electrons. The summed E-state index contributed by atoms with van der Waals surface area (Å²) in [6, 6.07) is 19.6. The van der Waals surface area contributed by atoms with Crippen LogP contribution in [0.4, 0.5) is 4.79 Å². The van der Waals surface area contributed by atoms with E-state index in [-0.39, 0.29) is 12.1 Å². The van der Waals surface area contributed by atoms with Gasteiger partial charge < -0.3 is 19.3 Å². The molecule has 41 heavy (non-hydrogen) atoms. The number of carboxylic acids is 1. The molecule has 0 spiro atoms. The summed E-state index contributed by atoms with van der Waals surface area (Å²) in [4.78, 5) is 32.8. The van der Waals surface area contributed by atoms with E-state index in [1.807, 2.05) is 39.0 Å². The Morgan fingerprint density at radius 2 is 1.41 bits per heavy atom. The van der Waals surface area contributed by atoms with Crippen LogP contribution in [-0.4, -0.2) is 50.3 Å². The fourth-order valence-corrected chi connectivity index (χ4v) is 5.97. The average Bonchev–Trinajstić information content (AvgIpc) is 3.66. The van der Waals surface area contributed by atoms with Crippen molar-refractivity contribution in [2.24, 2.45) is 0 Å². The van der Waals surface area contributed by atoms with Crippen molar-refractivity contribution in [1.82, 2.24) is 14.5 Å². The van der Waals surface area contributed by atoms with Crippen LogP contribution in [0.1, 0.15) is 68.1 Å². The number of hydrogen-bond acceptors (Lipinski definition) is 4. The van der Waals surface area contributed by atoms with Crippen molar-refractivity contribution in [3.8, 4) is 0 Å². The Kier molecular flexibility index (Phi) is 6.78. The lowest BCUT2D eigenvalue weighted by atomic mass is 9.69. The molecule has 1 N–H and O–H groups in total. The van der Waals surface area contributed by atoms with Gasteiger partial charge in [0.15, 0.2) is 0 Å². The van der Waals surface area contributed by atoms with E-state index in [0.717, 1.165) is 29.7 Å². The number of carboxylic acid groups (broad SMARTS) is 1. The zero-order valence-electron chi connectivity index (χ0n) is 23.1. The number of nitrogens with zero attached hydrogens (tertiary/aromatic N) is 3. The summed E-state index contributed by atoms with van der Waals surface area (Å²) in [6.07, 6.45) is 1.79. The summed E-state index contributed by atoms with van der Waals surface area (Å²) in [5.74, 6) is 0.331. The molecule has 0 bridgehead atoms. The SMILES string of the molecule is CC(C)(C)OC(=O)N1CC(n2c(C3CC3)nc3ccc(C(C(=O)O)(c4ccc(Cl)cc4)c4ccc(Cl)cc4)cc32)C1. The van der Waals surface area contributed by atoms with E-state index in [9.17, 15) is 14.7 Å². The van der Waals surface area contributed by atoms with Gasteiger partial charge in [-0.1, -0.05) is 53.5 Å².